The van der Waals surface area contributed by atoms with Crippen molar-refractivity contribution in [1.82, 2.24) is 4.98 Å². The van der Waals surface area contributed by atoms with Gasteiger partial charge in [-0.05, 0) is 12.1 Å². The zero-order chi connectivity index (χ0) is 12.0. The molecule has 1 atom stereocenters. The van der Waals surface area contributed by atoms with Crippen LogP contribution in [0.4, 0.5) is 5.82 Å². The van der Waals surface area contributed by atoms with Crippen molar-refractivity contribution in [2.75, 3.05) is 19.0 Å². The lowest BCUT2D eigenvalue weighted by atomic mass is 10.2. The van der Waals surface area contributed by atoms with E-state index in [1.165, 1.54) is 0 Å². The van der Waals surface area contributed by atoms with E-state index in [-0.39, 0.29) is 18.4 Å². The molecule has 1 unspecified atom stereocenters. The van der Waals surface area contributed by atoms with Crippen molar-refractivity contribution in [3.05, 3.63) is 23.9 Å². The molecule has 0 bridgehead atoms. The SMILES string of the molecule is COCC(C)C(=O)Nc1cccc(CO)n1. The van der Waals surface area contributed by atoms with Crippen LogP contribution < -0.4 is 5.32 Å². The largest absolute Gasteiger partial charge is 0.390 e. The van der Waals surface area contributed by atoms with Crippen LogP contribution >= 0.6 is 0 Å². The number of pyridine rings is 1. The van der Waals surface area contributed by atoms with Gasteiger partial charge in [0.05, 0.1) is 24.8 Å². The van der Waals surface area contributed by atoms with Gasteiger partial charge in [0.1, 0.15) is 5.82 Å². The lowest BCUT2D eigenvalue weighted by Gasteiger charge is -2.10. The highest BCUT2D eigenvalue weighted by Crippen LogP contribution is 2.07. The number of anilines is 1. The first kappa shape index (κ1) is 12.6. The second-order valence-electron chi connectivity index (χ2n) is 3.52. The fourth-order valence-corrected chi connectivity index (χ4v) is 1.21. The molecule has 0 radical (unpaired) electrons. The molecular formula is C11H16N2O3. The molecule has 0 aliphatic rings. The number of nitrogens with zero attached hydrogens (tertiary/aromatic N) is 1. The first-order valence-corrected chi connectivity index (χ1v) is 5.04. The molecule has 16 heavy (non-hydrogen) atoms. The Morgan fingerprint density at radius 1 is 1.62 bits per heavy atom. The molecular weight excluding hydrogens is 208 g/mol. The van der Waals surface area contributed by atoms with E-state index in [9.17, 15) is 4.79 Å². The molecule has 0 aliphatic carbocycles. The van der Waals surface area contributed by atoms with Gasteiger partial charge < -0.3 is 15.2 Å². The molecule has 2 N–H and O–H groups in total. The number of hydrogen-bond acceptors (Lipinski definition) is 4. The maximum atomic E-state index is 11.6. The molecule has 1 rings (SSSR count). The summed E-state index contributed by atoms with van der Waals surface area (Å²) in [6.07, 6.45) is 0. The zero-order valence-corrected chi connectivity index (χ0v) is 9.43. The van der Waals surface area contributed by atoms with Crippen LogP contribution in [0.15, 0.2) is 18.2 Å². The number of carbonyl (C=O) groups excluding carboxylic acids is 1. The van der Waals surface area contributed by atoms with E-state index in [2.05, 4.69) is 10.3 Å². The summed E-state index contributed by atoms with van der Waals surface area (Å²) in [7, 11) is 1.55. The number of amides is 1. The second kappa shape index (κ2) is 6.19. The molecule has 0 saturated heterocycles. The Kier molecular flexibility index (Phi) is 4.88. The molecule has 5 nitrogen and oxygen atoms in total. The molecule has 1 heterocycles. The highest BCUT2D eigenvalue weighted by atomic mass is 16.5. The van der Waals surface area contributed by atoms with Crippen LogP contribution in [0.1, 0.15) is 12.6 Å². The Morgan fingerprint density at radius 3 is 3.00 bits per heavy atom. The zero-order valence-electron chi connectivity index (χ0n) is 9.43. The van der Waals surface area contributed by atoms with Gasteiger partial charge in [0, 0.05) is 7.11 Å². The minimum absolute atomic E-state index is 0.142. The number of aromatic nitrogens is 1. The molecule has 0 aliphatic heterocycles. The first-order chi connectivity index (χ1) is 7.67. The van der Waals surface area contributed by atoms with Crippen LogP contribution in [0.25, 0.3) is 0 Å². The maximum absolute atomic E-state index is 11.6. The van der Waals surface area contributed by atoms with Gasteiger partial charge in [-0.2, -0.15) is 0 Å². The Hall–Kier alpha value is -1.46. The number of methoxy groups -OCH3 is 1. The molecule has 0 fully saturated rings. The minimum atomic E-state index is -0.232. The van der Waals surface area contributed by atoms with Gasteiger partial charge in [0.15, 0.2) is 0 Å². The fourth-order valence-electron chi connectivity index (χ4n) is 1.21. The van der Waals surface area contributed by atoms with E-state index in [0.29, 0.717) is 18.1 Å². The second-order valence-corrected chi connectivity index (χ2v) is 3.52. The van der Waals surface area contributed by atoms with Crippen molar-refractivity contribution in [3.8, 4) is 0 Å². The number of hydrogen-bond donors (Lipinski definition) is 2. The van der Waals surface area contributed by atoms with Crippen molar-refractivity contribution >= 4 is 11.7 Å². The van der Waals surface area contributed by atoms with Crippen molar-refractivity contribution in [3.63, 3.8) is 0 Å². The average molecular weight is 224 g/mol. The van der Waals surface area contributed by atoms with Crippen molar-refractivity contribution in [2.24, 2.45) is 5.92 Å². The summed E-state index contributed by atoms with van der Waals surface area (Å²) in [5.41, 5.74) is 0.525. The van der Waals surface area contributed by atoms with Crippen LogP contribution in [0, 0.1) is 5.92 Å². The molecule has 1 aromatic rings. The normalized spacial score (nSPS) is 12.2. The maximum Gasteiger partial charge on any atom is 0.230 e. The van der Waals surface area contributed by atoms with Crippen LogP contribution in [0.2, 0.25) is 0 Å². The Balaban J connectivity index is 2.61. The number of ether oxygens (including phenoxy) is 1. The Labute approximate surface area is 94.5 Å². The molecule has 0 spiro atoms. The fraction of sp³-hybridized carbons (Fsp3) is 0.455. The number of nitrogens with one attached hydrogen (secondary N) is 1. The molecule has 1 aromatic heterocycles. The number of carbonyl (C=O) groups is 1. The van der Waals surface area contributed by atoms with E-state index in [4.69, 9.17) is 9.84 Å². The summed E-state index contributed by atoms with van der Waals surface area (Å²) in [5.74, 6) is 0.0634. The molecule has 5 heteroatoms. The van der Waals surface area contributed by atoms with Gasteiger partial charge in [-0.1, -0.05) is 13.0 Å². The van der Waals surface area contributed by atoms with Gasteiger partial charge in [-0.3, -0.25) is 4.79 Å². The van der Waals surface area contributed by atoms with Crippen LogP contribution in [-0.4, -0.2) is 29.7 Å². The van der Waals surface area contributed by atoms with E-state index < -0.39 is 0 Å². The topological polar surface area (TPSA) is 71.5 Å². The van der Waals surface area contributed by atoms with Gasteiger partial charge in [0.2, 0.25) is 5.91 Å². The van der Waals surface area contributed by atoms with E-state index in [1.807, 2.05) is 0 Å². The summed E-state index contributed by atoms with van der Waals surface area (Å²) in [6, 6.07) is 5.10. The highest BCUT2D eigenvalue weighted by molar-refractivity contribution is 5.91. The predicted octanol–water partition coefficient (Wildman–Crippen LogP) is 0.795. The molecule has 0 aromatic carbocycles. The van der Waals surface area contributed by atoms with E-state index in [1.54, 1.807) is 32.2 Å². The van der Waals surface area contributed by atoms with Gasteiger partial charge >= 0.3 is 0 Å². The molecule has 0 saturated carbocycles. The average Bonchev–Trinajstić information content (AvgIpc) is 2.29. The summed E-state index contributed by atoms with van der Waals surface area (Å²) < 4.78 is 4.89. The highest BCUT2D eigenvalue weighted by Gasteiger charge is 2.12. The third kappa shape index (κ3) is 3.60. The number of rotatable bonds is 5. The monoisotopic (exact) mass is 224 g/mol. The first-order valence-electron chi connectivity index (χ1n) is 5.04. The summed E-state index contributed by atoms with van der Waals surface area (Å²) in [4.78, 5) is 15.7. The summed E-state index contributed by atoms with van der Waals surface area (Å²) in [5, 5.41) is 11.6. The van der Waals surface area contributed by atoms with Crippen molar-refractivity contribution in [1.29, 1.82) is 0 Å². The summed E-state index contributed by atoms with van der Waals surface area (Å²) in [6.45, 7) is 2.00. The van der Waals surface area contributed by atoms with Gasteiger partial charge in [-0.25, -0.2) is 4.98 Å². The summed E-state index contributed by atoms with van der Waals surface area (Å²) >= 11 is 0. The number of aliphatic hydroxyl groups is 1. The van der Waals surface area contributed by atoms with Crippen LogP contribution in [0.3, 0.4) is 0 Å². The smallest absolute Gasteiger partial charge is 0.230 e. The predicted molar refractivity (Wildman–Crippen MR) is 59.8 cm³/mol. The van der Waals surface area contributed by atoms with Crippen LogP contribution in [0.5, 0.6) is 0 Å². The molecule has 88 valence electrons. The lowest BCUT2D eigenvalue weighted by molar-refractivity contribution is -0.120. The quantitative estimate of drug-likeness (QED) is 0.775. The Morgan fingerprint density at radius 2 is 2.38 bits per heavy atom. The lowest BCUT2D eigenvalue weighted by Crippen LogP contribution is -2.24. The third-order valence-electron chi connectivity index (χ3n) is 2.08. The standard InChI is InChI=1S/C11H16N2O3/c1-8(7-16-2)11(15)13-10-5-3-4-9(6-14)12-10/h3-5,8,14H,6-7H2,1-2H3,(H,12,13,15). The molecule has 1 amide bonds. The Bertz CT molecular complexity index is 355. The van der Waals surface area contributed by atoms with Crippen LogP contribution in [-0.2, 0) is 16.1 Å². The van der Waals surface area contributed by atoms with Gasteiger partial charge in [0.25, 0.3) is 0 Å². The minimum Gasteiger partial charge on any atom is -0.390 e. The number of aliphatic hydroxyl groups excluding tert-OH is 1. The van der Waals surface area contributed by atoms with E-state index >= 15 is 0 Å². The van der Waals surface area contributed by atoms with E-state index in [0.717, 1.165) is 0 Å². The van der Waals surface area contributed by atoms with Gasteiger partial charge in [-0.15, -0.1) is 0 Å². The van der Waals surface area contributed by atoms with Crippen molar-refractivity contribution in [2.45, 2.75) is 13.5 Å². The third-order valence-corrected chi connectivity index (χ3v) is 2.08. The van der Waals surface area contributed by atoms with Crippen molar-refractivity contribution < 1.29 is 14.6 Å².